The first-order valence-electron chi connectivity index (χ1n) is 6.95. The molecule has 2 rings (SSSR count). The molecule has 1 saturated carbocycles. The van der Waals surface area contributed by atoms with Gasteiger partial charge in [0.2, 0.25) is 0 Å². The smallest absolute Gasteiger partial charge is 0.128 e. The molecule has 4 heteroatoms. The Balaban J connectivity index is 2.03. The normalized spacial score (nSPS) is 22.7. The minimum Gasteiger partial charge on any atom is -0.496 e. The summed E-state index contributed by atoms with van der Waals surface area (Å²) in [6.45, 7) is 4.89. The molecule has 1 aliphatic carbocycles. The number of hydrogen-bond acceptors (Lipinski definition) is 3. The van der Waals surface area contributed by atoms with E-state index in [-0.39, 0.29) is 0 Å². The highest BCUT2D eigenvalue weighted by atomic mass is 35.5. The molecule has 3 nitrogen and oxygen atoms in total. The number of nitrogens with one attached hydrogen (secondary N) is 1. The van der Waals surface area contributed by atoms with Crippen molar-refractivity contribution in [3.05, 3.63) is 23.0 Å². The van der Waals surface area contributed by atoms with Gasteiger partial charge in [-0.25, -0.2) is 0 Å². The number of alkyl halides is 1. The number of hydrogen-bond donors (Lipinski definition) is 1. The summed E-state index contributed by atoms with van der Waals surface area (Å²) in [5.41, 5.74) is 3.29. The number of aryl methyl sites for hydroxylation is 1. The molecule has 0 bridgehead atoms. The highest BCUT2D eigenvalue weighted by Gasteiger charge is 2.26. The average molecular weight is 283 g/mol. The number of methoxy groups -OCH3 is 1. The lowest BCUT2D eigenvalue weighted by Gasteiger charge is -2.20. The Hall–Kier alpha value is -0.800. The quantitative estimate of drug-likeness (QED) is 0.842. The highest BCUT2D eigenvalue weighted by molar-refractivity contribution is 6.18. The van der Waals surface area contributed by atoms with Gasteiger partial charge in [-0.1, -0.05) is 6.42 Å². The molecule has 1 aromatic rings. The minimum absolute atomic E-state index is 0.533. The Labute approximate surface area is 120 Å². The van der Waals surface area contributed by atoms with E-state index in [9.17, 15) is 0 Å². The molecule has 2 unspecified atom stereocenters. The Kier molecular flexibility index (Phi) is 5.06. The van der Waals surface area contributed by atoms with Gasteiger partial charge < -0.3 is 10.1 Å². The van der Waals surface area contributed by atoms with Crippen molar-refractivity contribution >= 4 is 11.6 Å². The van der Waals surface area contributed by atoms with Crippen LogP contribution in [0.5, 0.6) is 5.75 Å². The molecule has 0 spiro atoms. The zero-order valence-corrected chi connectivity index (χ0v) is 12.8. The van der Waals surface area contributed by atoms with Crippen LogP contribution in [0.25, 0.3) is 0 Å². The lowest BCUT2D eigenvalue weighted by molar-refractivity contribution is 0.403. The van der Waals surface area contributed by atoms with Gasteiger partial charge in [0.05, 0.1) is 12.8 Å². The van der Waals surface area contributed by atoms with Gasteiger partial charge in [-0.15, -0.1) is 11.6 Å². The maximum Gasteiger partial charge on any atom is 0.128 e. The van der Waals surface area contributed by atoms with Gasteiger partial charge in [0.15, 0.2) is 0 Å². The third-order valence-electron chi connectivity index (χ3n) is 4.14. The van der Waals surface area contributed by atoms with Gasteiger partial charge >= 0.3 is 0 Å². The molecule has 0 amide bonds. The molecule has 1 fully saturated rings. The summed E-state index contributed by atoms with van der Waals surface area (Å²) in [6, 6.07) is 0.533. The Morgan fingerprint density at radius 2 is 2.21 bits per heavy atom. The largest absolute Gasteiger partial charge is 0.496 e. The molecule has 1 N–H and O–H groups in total. The van der Waals surface area contributed by atoms with E-state index in [0.717, 1.165) is 35.0 Å². The van der Waals surface area contributed by atoms with Gasteiger partial charge in [-0.2, -0.15) is 0 Å². The van der Waals surface area contributed by atoms with Crippen LogP contribution in [0.15, 0.2) is 6.20 Å². The van der Waals surface area contributed by atoms with Crippen LogP contribution < -0.4 is 10.1 Å². The van der Waals surface area contributed by atoms with Crippen LogP contribution in [0.4, 0.5) is 0 Å². The van der Waals surface area contributed by atoms with Crippen LogP contribution in [0.3, 0.4) is 0 Å². The standard InChI is InChI=1S/C15H23ClN2O/c1-10-8-17-14(11(2)15(10)19-3)9-18-13-6-4-5-12(13)7-16/h8,12-13,18H,4-7,9H2,1-3H3. The molecule has 19 heavy (non-hydrogen) atoms. The molecule has 1 aromatic heterocycles. The second-order valence-electron chi connectivity index (χ2n) is 5.38. The maximum atomic E-state index is 6.01. The molecule has 106 valence electrons. The molecule has 1 aliphatic rings. The van der Waals surface area contributed by atoms with Gasteiger partial charge in [0.25, 0.3) is 0 Å². The fraction of sp³-hybridized carbons (Fsp3) is 0.667. The van der Waals surface area contributed by atoms with Crippen molar-refractivity contribution in [2.45, 2.75) is 45.7 Å². The summed E-state index contributed by atoms with van der Waals surface area (Å²) in [6.07, 6.45) is 5.62. The Morgan fingerprint density at radius 1 is 1.42 bits per heavy atom. The molecule has 0 radical (unpaired) electrons. The number of ether oxygens (including phenoxy) is 1. The zero-order chi connectivity index (χ0) is 13.8. The lowest BCUT2D eigenvalue weighted by Crippen LogP contribution is -2.33. The molecule has 1 heterocycles. The Morgan fingerprint density at radius 3 is 2.89 bits per heavy atom. The summed E-state index contributed by atoms with van der Waals surface area (Å²) in [7, 11) is 1.72. The van der Waals surface area contributed by atoms with Crippen LogP contribution >= 0.6 is 11.6 Å². The van der Waals surface area contributed by atoms with Crippen LogP contribution in [0.1, 0.15) is 36.1 Å². The van der Waals surface area contributed by atoms with Crippen molar-refractivity contribution < 1.29 is 4.74 Å². The number of halogens is 1. The molecule has 0 saturated heterocycles. The maximum absolute atomic E-state index is 6.01. The van der Waals surface area contributed by atoms with E-state index >= 15 is 0 Å². The highest BCUT2D eigenvalue weighted by Crippen LogP contribution is 2.28. The predicted molar refractivity (Wildman–Crippen MR) is 79.0 cm³/mol. The summed E-state index contributed by atoms with van der Waals surface area (Å²) < 4.78 is 5.44. The van der Waals surface area contributed by atoms with E-state index in [2.05, 4.69) is 17.2 Å². The van der Waals surface area contributed by atoms with Crippen molar-refractivity contribution in [2.75, 3.05) is 13.0 Å². The number of nitrogens with zero attached hydrogens (tertiary/aromatic N) is 1. The number of pyridine rings is 1. The van der Waals surface area contributed by atoms with Crippen LogP contribution in [0.2, 0.25) is 0 Å². The first kappa shape index (κ1) is 14.6. The monoisotopic (exact) mass is 282 g/mol. The van der Waals surface area contributed by atoms with E-state index in [1.807, 2.05) is 13.1 Å². The van der Waals surface area contributed by atoms with Gasteiger partial charge in [-0.3, -0.25) is 4.98 Å². The second-order valence-corrected chi connectivity index (χ2v) is 5.69. The van der Waals surface area contributed by atoms with E-state index in [1.54, 1.807) is 7.11 Å². The van der Waals surface area contributed by atoms with Crippen molar-refractivity contribution in [1.29, 1.82) is 0 Å². The zero-order valence-electron chi connectivity index (χ0n) is 12.0. The summed E-state index contributed by atoms with van der Waals surface area (Å²) in [5.74, 6) is 2.31. The van der Waals surface area contributed by atoms with Crippen molar-refractivity contribution in [2.24, 2.45) is 5.92 Å². The molecule has 0 aliphatic heterocycles. The van der Waals surface area contributed by atoms with Crippen molar-refractivity contribution in [3.63, 3.8) is 0 Å². The SMILES string of the molecule is COc1c(C)cnc(CNC2CCCC2CCl)c1C. The van der Waals surface area contributed by atoms with Gasteiger partial charge in [0.1, 0.15) is 5.75 Å². The van der Waals surface area contributed by atoms with E-state index in [0.29, 0.717) is 12.0 Å². The average Bonchev–Trinajstić information content (AvgIpc) is 2.86. The van der Waals surface area contributed by atoms with Crippen LogP contribution in [-0.4, -0.2) is 24.0 Å². The van der Waals surface area contributed by atoms with Crippen molar-refractivity contribution in [1.82, 2.24) is 10.3 Å². The van der Waals surface area contributed by atoms with Gasteiger partial charge in [0, 0.05) is 35.8 Å². The molecule has 2 atom stereocenters. The molecular formula is C15H23ClN2O. The second kappa shape index (κ2) is 6.58. The molecule has 0 aromatic carbocycles. The van der Waals surface area contributed by atoms with E-state index in [1.165, 1.54) is 19.3 Å². The third-order valence-corrected chi connectivity index (χ3v) is 4.54. The van der Waals surface area contributed by atoms with E-state index < -0.39 is 0 Å². The predicted octanol–water partition coefficient (Wildman–Crippen LogP) is 3.20. The minimum atomic E-state index is 0.533. The molecular weight excluding hydrogens is 260 g/mol. The van der Waals surface area contributed by atoms with Gasteiger partial charge in [-0.05, 0) is 32.6 Å². The summed E-state index contributed by atoms with van der Waals surface area (Å²) >= 11 is 6.01. The van der Waals surface area contributed by atoms with Crippen LogP contribution in [-0.2, 0) is 6.54 Å². The number of rotatable bonds is 5. The topological polar surface area (TPSA) is 34.1 Å². The first-order chi connectivity index (χ1) is 9.17. The third kappa shape index (κ3) is 3.21. The first-order valence-corrected chi connectivity index (χ1v) is 7.49. The van der Waals surface area contributed by atoms with Crippen molar-refractivity contribution in [3.8, 4) is 5.75 Å². The van der Waals surface area contributed by atoms with Crippen LogP contribution in [0, 0.1) is 19.8 Å². The fourth-order valence-corrected chi connectivity index (χ4v) is 3.34. The fourth-order valence-electron chi connectivity index (χ4n) is 2.97. The van der Waals surface area contributed by atoms with E-state index in [4.69, 9.17) is 16.3 Å². The summed E-state index contributed by atoms with van der Waals surface area (Å²) in [4.78, 5) is 4.52. The summed E-state index contributed by atoms with van der Waals surface area (Å²) in [5, 5.41) is 3.61. The number of aromatic nitrogens is 1. The Bertz CT molecular complexity index is 436. The lowest BCUT2D eigenvalue weighted by atomic mass is 10.1.